The Hall–Kier alpha value is -0.870. The smallest absolute Gasteiger partial charge is 0.0951 e. The van der Waals surface area contributed by atoms with Crippen LogP contribution >= 0.6 is 0 Å². The first kappa shape index (κ1) is 13.2. The molecule has 0 saturated heterocycles. The average molecular weight is 225 g/mol. The highest BCUT2D eigenvalue weighted by Gasteiger charge is 2.08. The number of imidazole rings is 1. The molecule has 92 valence electrons. The van der Waals surface area contributed by atoms with Crippen molar-refractivity contribution in [2.45, 2.75) is 33.4 Å². The lowest BCUT2D eigenvalue weighted by Crippen LogP contribution is -2.22. The third-order valence-electron chi connectivity index (χ3n) is 2.49. The van der Waals surface area contributed by atoms with Crippen LogP contribution in [0.25, 0.3) is 0 Å². The number of ether oxygens (including phenoxy) is 1. The Bertz CT molecular complexity index is 296. The van der Waals surface area contributed by atoms with Gasteiger partial charge >= 0.3 is 0 Å². The van der Waals surface area contributed by atoms with Gasteiger partial charge < -0.3 is 14.6 Å². The molecule has 1 atom stereocenters. The van der Waals surface area contributed by atoms with Crippen molar-refractivity contribution in [1.82, 2.24) is 14.9 Å². The molecule has 1 aromatic rings. The zero-order chi connectivity index (χ0) is 12.0. The van der Waals surface area contributed by atoms with E-state index < -0.39 is 0 Å². The summed E-state index contributed by atoms with van der Waals surface area (Å²) >= 11 is 0. The predicted octanol–water partition coefficient (Wildman–Crippen LogP) is 1.84. The van der Waals surface area contributed by atoms with Gasteiger partial charge in [-0.1, -0.05) is 13.8 Å². The van der Waals surface area contributed by atoms with Crippen molar-refractivity contribution >= 4 is 0 Å². The third kappa shape index (κ3) is 3.94. The van der Waals surface area contributed by atoms with Crippen molar-refractivity contribution in [2.75, 3.05) is 20.3 Å². The largest absolute Gasteiger partial charge is 0.383 e. The van der Waals surface area contributed by atoms with E-state index >= 15 is 0 Å². The van der Waals surface area contributed by atoms with Crippen molar-refractivity contribution in [3.8, 4) is 0 Å². The van der Waals surface area contributed by atoms with Gasteiger partial charge in [-0.3, -0.25) is 0 Å². The molecule has 1 aromatic heterocycles. The number of aromatic nitrogens is 2. The summed E-state index contributed by atoms with van der Waals surface area (Å²) in [5.74, 6) is 0.674. The maximum absolute atomic E-state index is 5.16. The predicted molar refractivity (Wildman–Crippen MR) is 65.4 cm³/mol. The summed E-state index contributed by atoms with van der Waals surface area (Å²) in [6.45, 7) is 9.16. The first-order valence-corrected chi connectivity index (χ1v) is 5.85. The molecule has 0 aliphatic heterocycles. The highest BCUT2D eigenvalue weighted by Crippen LogP contribution is 2.10. The second-order valence-electron chi connectivity index (χ2n) is 4.62. The third-order valence-corrected chi connectivity index (χ3v) is 2.49. The molecule has 4 nitrogen and oxygen atoms in total. The van der Waals surface area contributed by atoms with E-state index in [1.807, 2.05) is 12.5 Å². The van der Waals surface area contributed by atoms with E-state index in [9.17, 15) is 0 Å². The van der Waals surface area contributed by atoms with Gasteiger partial charge in [0.1, 0.15) is 0 Å². The molecule has 0 saturated carbocycles. The number of methoxy groups -OCH3 is 1. The maximum Gasteiger partial charge on any atom is 0.0951 e. The van der Waals surface area contributed by atoms with Gasteiger partial charge in [0.25, 0.3) is 0 Å². The molecule has 0 amide bonds. The summed E-state index contributed by atoms with van der Waals surface area (Å²) in [6.07, 6.45) is 3.79. The molecule has 0 spiro atoms. The van der Waals surface area contributed by atoms with E-state index in [1.54, 1.807) is 7.11 Å². The fraction of sp³-hybridized carbons (Fsp3) is 0.750. The Morgan fingerprint density at radius 2 is 2.19 bits per heavy atom. The minimum atomic E-state index is 0.336. The SMILES string of the molecule is COCC(C)n1cncc1CNCC(C)C. The molecule has 0 bridgehead atoms. The minimum absolute atomic E-state index is 0.336. The molecule has 0 aliphatic carbocycles. The fourth-order valence-corrected chi connectivity index (χ4v) is 1.68. The molecule has 16 heavy (non-hydrogen) atoms. The van der Waals surface area contributed by atoms with Gasteiger partial charge in [-0.25, -0.2) is 4.98 Å². The van der Waals surface area contributed by atoms with Gasteiger partial charge in [-0.05, 0) is 19.4 Å². The highest BCUT2D eigenvalue weighted by atomic mass is 16.5. The van der Waals surface area contributed by atoms with Crippen LogP contribution in [0.4, 0.5) is 0 Å². The molecule has 0 aliphatic rings. The molecular weight excluding hydrogens is 202 g/mol. The van der Waals surface area contributed by atoms with Crippen LogP contribution in [0.5, 0.6) is 0 Å². The van der Waals surface area contributed by atoms with Gasteiger partial charge in [-0.15, -0.1) is 0 Å². The maximum atomic E-state index is 5.16. The normalized spacial score (nSPS) is 13.3. The van der Waals surface area contributed by atoms with Crippen molar-refractivity contribution in [3.05, 3.63) is 18.2 Å². The summed E-state index contributed by atoms with van der Waals surface area (Å²) in [5, 5.41) is 3.42. The molecule has 1 rings (SSSR count). The van der Waals surface area contributed by atoms with Crippen molar-refractivity contribution < 1.29 is 4.74 Å². The Kier molecular flexibility index (Phi) is 5.49. The summed E-state index contributed by atoms with van der Waals surface area (Å²) in [4.78, 5) is 4.19. The van der Waals surface area contributed by atoms with Crippen LogP contribution in [0.1, 0.15) is 32.5 Å². The topological polar surface area (TPSA) is 39.1 Å². The Labute approximate surface area is 98.0 Å². The minimum Gasteiger partial charge on any atom is -0.383 e. The lowest BCUT2D eigenvalue weighted by molar-refractivity contribution is 0.161. The van der Waals surface area contributed by atoms with Crippen molar-refractivity contribution in [1.29, 1.82) is 0 Å². The number of hydrogen-bond donors (Lipinski definition) is 1. The standard InChI is InChI=1S/C12H23N3O/c1-10(2)5-13-6-12-7-14-9-15(12)11(3)8-16-4/h7,9-11,13H,5-6,8H2,1-4H3. The first-order valence-electron chi connectivity index (χ1n) is 5.85. The van der Waals surface area contributed by atoms with Crippen LogP contribution in [0, 0.1) is 5.92 Å². The van der Waals surface area contributed by atoms with E-state index in [0.717, 1.165) is 13.1 Å². The number of nitrogens with zero attached hydrogens (tertiary/aromatic N) is 2. The van der Waals surface area contributed by atoms with Gasteiger partial charge in [0.05, 0.1) is 24.7 Å². The Balaban J connectivity index is 2.50. The number of rotatable bonds is 7. The number of hydrogen-bond acceptors (Lipinski definition) is 3. The van der Waals surface area contributed by atoms with Gasteiger partial charge in [0.15, 0.2) is 0 Å². The van der Waals surface area contributed by atoms with E-state index in [4.69, 9.17) is 4.74 Å². The van der Waals surface area contributed by atoms with E-state index in [0.29, 0.717) is 18.6 Å². The van der Waals surface area contributed by atoms with Crippen molar-refractivity contribution in [2.24, 2.45) is 5.92 Å². The van der Waals surface area contributed by atoms with Crippen LogP contribution in [-0.4, -0.2) is 29.8 Å². The molecule has 0 aromatic carbocycles. The zero-order valence-electron chi connectivity index (χ0n) is 10.7. The summed E-state index contributed by atoms with van der Waals surface area (Å²) in [7, 11) is 1.73. The molecule has 1 unspecified atom stereocenters. The van der Waals surface area contributed by atoms with E-state index in [-0.39, 0.29) is 0 Å². The molecule has 1 N–H and O–H groups in total. The monoisotopic (exact) mass is 225 g/mol. The summed E-state index contributed by atoms with van der Waals surface area (Å²) in [5.41, 5.74) is 1.21. The van der Waals surface area contributed by atoms with Gasteiger partial charge in [-0.2, -0.15) is 0 Å². The average Bonchev–Trinajstić information content (AvgIpc) is 2.66. The lowest BCUT2D eigenvalue weighted by atomic mass is 10.2. The number of nitrogens with one attached hydrogen (secondary N) is 1. The van der Waals surface area contributed by atoms with Crippen LogP contribution in [0.15, 0.2) is 12.5 Å². The van der Waals surface area contributed by atoms with Crippen LogP contribution in [-0.2, 0) is 11.3 Å². The first-order chi connectivity index (χ1) is 7.65. The van der Waals surface area contributed by atoms with E-state index in [1.165, 1.54) is 5.69 Å². The highest BCUT2D eigenvalue weighted by molar-refractivity contribution is 4.99. The van der Waals surface area contributed by atoms with Gasteiger partial charge in [0.2, 0.25) is 0 Å². The summed E-state index contributed by atoms with van der Waals surface area (Å²) < 4.78 is 7.32. The van der Waals surface area contributed by atoms with Crippen LogP contribution in [0.2, 0.25) is 0 Å². The van der Waals surface area contributed by atoms with Gasteiger partial charge in [0, 0.05) is 19.9 Å². The Morgan fingerprint density at radius 1 is 1.44 bits per heavy atom. The van der Waals surface area contributed by atoms with Crippen LogP contribution in [0.3, 0.4) is 0 Å². The molecule has 0 fully saturated rings. The molecule has 4 heteroatoms. The molecule has 1 heterocycles. The van der Waals surface area contributed by atoms with Crippen molar-refractivity contribution in [3.63, 3.8) is 0 Å². The molecule has 0 radical (unpaired) electrons. The second kappa shape index (κ2) is 6.66. The van der Waals surface area contributed by atoms with Crippen LogP contribution < -0.4 is 5.32 Å². The second-order valence-corrected chi connectivity index (χ2v) is 4.62. The summed E-state index contributed by atoms with van der Waals surface area (Å²) in [6, 6.07) is 0.336. The lowest BCUT2D eigenvalue weighted by Gasteiger charge is -2.16. The molecular formula is C12H23N3O. The van der Waals surface area contributed by atoms with E-state index in [2.05, 4.69) is 35.6 Å². The zero-order valence-corrected chi connectivity index (χ0v) is 10.7. The Morgan fingerprint density at radius 3 is 2.81 bits per heavy atom. The fourth-order valence-electron chi connectivity index (χ4n) is 1.68. The quantitative estimate of drug-likeness (QED) is 0.769.